The Hall–Kier alpha value is -2.71. The first-order valence-corrected chi connectivity index (χ1v) is 12.7. The SMILES string of the molecule is Cc1cc2[nH]c(=O)c3cnn(CC4CC4)c3c2cc1C(=O)N1CCN(CCOCC2CC2)CC1. The minimum atomic E-state index is -0.125. The number of hydrogen-bond donors (Lipinski definition) is 1. The summed E-state index contributed by atoms with van der Waals surface area (Å²) in [4.78, 5) is 33.5. The molecule has 1 aromatic carbocycles. The Morgan fingerprint density at radius 2 is 1.85 bits per heavy atom. The third-order valence-electron chi connectivity index (χ3n) is 7.57. The van der Waals surface area contributed by atoms with Crippen molar-refractivity contribution in [2.24, 2.45) is 11.8 Å². The van der Waals surface area contributed by atoms with Gasteiger partial charge in [-0.25, -0.2) is 0 Å². The number of pyridine rings is 1. The maximum atomic E-state index is 13.5. The van der Waals surface area contributed by atoms with E-state index in [1.807, 2.05) is 28.6 Å². The number of aromatic nitrogens is 3. The van der Waals surface area contributed by atoms with Crippen LogP contribution in [0.3, 0.4) is 0 Å². The van der Waals surface area contributed by atoms with E-state index in [1.54, 1.807) is 6.20 Å². The molecule has 0 spiro atoms. The second-order valence-corrected chi connectivity index (χ2v) is 10.4. The fourth-order valence-corrected chi connectivity index (χ4v) is 5.02. The number of aromatic amines is 1. The lowest BCUT2D eigenvalue weighted by Crippen LogP contribution is -2.49. The third kappa shape index (κ3) is 4.36. The van der Waals surface area contributed by atoms with Crippen molar-refractivity contribution in [3.8, 4) is 0 Å². The summed E-state index contributed by atoms with van der Waals surface area (Å²) in [6.07, 6.45) is 6.72. The Kier molecular flexibility index (Phi) is 5.65. The predicted octanol–water partition coefficient (Wildman–Crippen LogP) is 2.78. The monoisotopic (exact) mass is 463 g/mol. The molecule has 1 N–H and O–H groups in total. The molecule has 0 bridgehead atoms. The molecule has 2 saturated carbocycles. The molecule has 1 amide bonds. The van der Waals surface area contributed by atoms with Gasteiger partial charge < -0.3 is 14.6 Å². The zero-order valence-electron chi connectivity index (χ0n) is 19.9. The first-order valence-electron chi connectivity index (χ1n) is 12.7. The number of aryl methyl sites for hydroxylation is 1. The van der Waals surface area contributed by atoms with Gasteiger partial charge in [0.2, 0.25) is 0 Å². The average Bonchev–Trinajstić information content (AvgIpc) is 3.76. The fraction of sp³-hybridized carbons (Fsp3) is 0.577. The summed E-state index contributed by atoms with van der Waals surface area (Å²) < 4.78 is 7.74. The highest BCUT2D eigenvalue weighted by molar-refractivity contribution is 6.07. The fourth-order valence-electron chi connectivity index (χ4n) is 5.02. The highest BCUT2D eigenvalue weighted by Crippen LogP contribution is 2.33. The van der Waals surface area contributed by atoms with Crippen molar-refractivity contribution >= 4 is 27.7 Å². The first kappa shape index (κ1) is 21.8. The van der Waals surface area contributed by atoms with E-state index < -0.39 is 0 Å². The van der Waals surface area contributed by atoms with Crippen LogP contribution < -0.4 is 5.56 Å². The molecule has 2 aromatic heterocycles. The van der Waals surface area contributed by atoms with E-state index in [0.717, 1.165) is 80.4 Å². The number of ether oxygens (including phenoxy) is 1. The number of H-pyrrole nitrogens is 1. The van der Waals surface area contributed by atoms with Crippen LogP contribution in [-0.4, -0.2) is 76.4 Å². The maximum Gasteiger partial charge on any atom is 0.259 e. The molecule has 8 nitrogen and oxygen atoms in total. The van der Waals surface area contributed by atoms with Crippen molar-refractivity contribution < 1.29 is 9.53 Å². The molecule has 1 aliphatic heterocycles. The van der Waals surface area contributed by atoms with Gasteiger partial charge in [-0.2, -0.15) is 5.10 Å². The van der Waals surface area contributed by atoms with Crippen LogP contribution in [0.25, 0.3) is 21.8 Å². The average molecular weight is 464 g/mol. The zero-order valence-corrected chi connectivity index (χ0v) is 19.9. The van der Waals surface area contributed by atoms with Gasteiger partial charge >= 0.3 is 0 Å². The van der Waals surface area contributed by atoms with E-state index in [4.69, 9.17) is 4.74 Å². The summed E-state index contributed by atoms with van der Waals surface area (Å²) in [5.41, 5.74) is 3.08. The summed E-state index contributed by atoms with van der Waals surface area (Å²) in [6.45, 7) is 8.57. The highest BCUT2D eigenvalue weighted by Gasteiger charge is 2.26. The molecule has 8 heteroatoms. The number of piperazine rings is 1. The van der Waals surface area contributed by atoms with Gasteiger partial charge in [-0.05, 0) is 62.1 Å². The van der Waals surface area contributed by atoms with Crippen molar-refractivity contribution in [3.63, 3.8) is 0 Å². The van der Waals surface area contributed by atoms with Gasteiger partial charge in [0.05, 0.1) is 29.2 Å². The van der Waals surface area contributed by atoms with E-state index in [-0.39, 0.29) is 11.5 Å². The van der Waals surface area contributed by atoms with Crippen molar-refractivity contribution in [2.75, 3.05) is 45.9 Å². The zero-order chi connectivity index (χ0) is 23.2. The van der Waals surface area contributed by atoms with Gasteiger partial charge in [0.25, 0.3) is 11.5 Å². The molecule has 6 rings (SSSR count). The van der Waals surface area contributed by atoms with Crippen LogP contribution in [0.5, 0.6) is 0 Å². The normalized spacial score (nSPS) is 19.4. The third-order valence-corrected chi connectivity index (χ3v) is 7.57. The smallest absolute Gasteiger partial charge is 0.259 e. The molecule has 0 radical (unpaired) electrons. The van der Waals surface area contributed by atoms with Crippen molar-refractivity contribution in [1.29, 1.82) is 0 Å². The maximum absolute atomic E-state index is 13.5. The van der Waals surface area contributed by atoms with Crippen LogP contribution in [0.15, 0.2) is 23.1 Å². The Morgan fingerprint density at radius 3 is 2.59 bits per heavy atom. The number of carbonyl (C=O) groups is 1. The van der Waals surface area contributed by atoms with Crippen LogP contribution in [-0.2, 0) is 11.3 Å². The van der Waals surface area contributed by atoms with Crippen LogP contribution >= 0.6 is 0 Å². The Labute approximate surface area is 198 Å². The number of nitrogens with one attached hydrogen (secondary N) is 1. The van der Waals surface area contributed by atoms with Gasteiger partial charge in [-0.3, -0.25) is 19.2 Å². The summed E-state index contributed by atoms with van der Waals surface area (Å²) in [5, 5.41) is 6.00. The molecule has 3 fully saturated rings. The minimum Gasteiger partial charge on any atom is -0.380 e. The number of rotatable bonds is 8. The molecule has 0 atom stereocenters. The molecule has 1 saturated heterocycles. The predicted molar refractivity (Wildman–Crippen MR) is 131 cm³/mol. The Balaban J connectivity index is 1.20. The van der Waals surface area contributed by atoms with Crippen LogP contribution in [0, 0.1) is 18.8 Å². The van der Waals surface area contributed by atoms with Gasteiger partial charge in [0, 0.05) is 56.8 Å². The lowest BCUT2D eigenvalue weighted by atomic mass is 10.0. The topological polar surface area (TPSA) is 83.5 Å². The quantitative estimate of drug-likeness (QED) is 0.520. The van der Waals surface area contributed by atoms with E-state index >= 15 is 0 Å². The van der Waals surface area contributed by atoms with Crippen LogP contribution in [0.4, 0.5) is 0 Å². The second-order valence-electron chi connectivity index (χ2n) is 10.4. The standard InChI is InChI=1S/C26H33N5O3/c1-17-12-23-21(24-22(25(32)28-23)14-27-31(24)15-18-2-3-18)13-20(17)26(33)30-8-6-29(7-9-30)10-11-34-16-19-4-5-19/h12-14,18-19H,2-11,15-16H2,1H3,(H,28,32). The molecular formula is C26H33N5O3. The second kappa shape index (κ2) is 8.82. The van der Waals surface area contributed by atoms with Crippen molar-refractivity contribution in [3.05, 3.63) is 39.8 Å². The molecule has 3 aliphatic rings. The number of benzene rings is 1. The van der Waals surface area contributed by atoms with Gasteiger partial charge in [-0.15, -0.1) is 0 Å². The number of amides is 1. The molecule has 3 heterocycles. The lowest BCUT2D eigenvalue weighted by Gasteiger charge is -2.35. The van der Waals surface area contributed by atoms with E-state index in [9.17, 15) is 9.59 Å². The highest BCUT2D eigenvalue weighted by atomic mass is 16.5. The lowest BCUT2D eigenvalue weighted by molar-refractivity contribution is 0.0538. The first-order chi connectivity index (χ1) is 16.6. The Bertz CT molecular complexity index is 1280. The van der Waals surface area contributed by atoms with Crippen molar-refractivity contribution in [1.82, 2.24) is 24.6 Å². The molecule has 34 heavy (non-hydrogen) atoms. The largest absolute Gasteiger partial charge is 0.380 e. The summed E-state index contributed by atoms with van der Waals surface area (Å²) >= 11 is 0. The minimum absolute atomic E-state index is 0.0663. The van der Waals surface area contributed by atoms with E-state index in [2.05, 4.69) is 15.0 Å². The van der Waals surface area contributed by atoms with Gasteiger partial charge in [0.15, 0.2) is 0 Å². The van der Waals surface area contributed by atoms with E-state index in [0.29, 0.717) is 16.9 Å². The van der Waals surface area contributed by atoms with Gasteiger partial charge in [0.1, 0.15) is 0 Å². The van der Waals surface area contributed by atoms with E-state index in [1.165, 1.54) is 25.7 Å². The van der Waals surface area contributed by atoms with Crippen LogP contribution in [0.2, 0.25) is 0 Å². The van der Waals surface area contributed by atoms with Gasteiger partial charge in [-0.1, -0.05) is 0 Å². The van der Waals surface area contributed by atoms with Crippen LogP contribution in [0.1, 0.15) is 41.6 Å². The number of hydrogen-bond acceptors (Lipinski definition) is 5. The number of nitrogens with zero attached hydrogens (tertiary/aromatic N) is 4. The number of fused-ring (bicyclic) bond motifs is 3. The molecule has 3 aromatic rings. The molecule has 2 aliphatic carbocycles. The number of carbonyl (C=O) groups excluding carboxylic acids is 1. The summed E-state index contributed by atoms with van der Waals surface area (Å²) in [5.74, 6) is 1.50. The molecule has 180 valence electrons. The molecular weight excluding hydrogens is 430 g/mol. The molecule has 0 unspecified atom stereocenters. The summed E-state index contributed by atoms with van der Waals surface area (Å²) in [6, 6.07) is 3.90. The summed E-state index contributed by atoms with van der Waals surface area (Å²) in [7, 11) is 0. The Morgan fingerprint density at radius 1 is 1.09 bits per heavy atom. The van der Waals surface area contributed by atoms with Crippen molar-refractivity contribution in [2.45, 2.75) is 39.2 Å².